The van der Waals surface area contributed by atoms with Gasteiger partial charge in [-0.3, -0.25) is 14.4 Å². The molecular weight excluding hydrogens is 520 g/mol. The molecule has 7 heteroatoms. The fourth-order valence-corrected chi connectivity index (χ4v) is 5.11. The van der Waals surface area contributed by atoms with Crippen molar-refractivity contribution < 1.29 is 34.1 Å². The molecule has 2 N–H and O–H groups in total. The minimum absolute atomic E-state index is 0.0299. The van der Waals surface area contributed by atoms with Crippen molar-refractivity contribution >= 4 is 17.5 Å². The number of allylic oxidation sites excluding steroid dienone is 3. The number of ketones is 2. The number of rotatable bonds is 7. The minimum atomic E-state index is -0.903. The molecule has 7 nitrogen and oxygen atoms in total. The summed E-state index contributed by atoms with van der Waals surface area (Å²) in [5, 5.41) is 21.0. The molecule has 0 aliphatic carbocycles. The van der Waals surface area contributed by atoms with Gasteiger partial charge in [-0.25, -0.2) is 0 Å². The number of fused-ring (bicyclic) bond motifs is 2. The van der Waals surface area contributed by atoms with Crippen LogP contribution in [0.3, 0.4) is 0 Å². The highest BCUT2D eigenvalue weighted by molar-refractivity contribution is 5.88. The summed E-state index contributed by atoms with van der Waals surface area (Å²) in [7, 11) is 0. The average Bonchev–Trinajstić information content (AvgIpc) is 3.37. The normalized spacial score (nSPS) is 30.2. The molecule has 1 saturated heterocycles. The number of hydrogen-bond acceptors (Lipinski definition) is 7. The first kappa shape index (κ1) is 34.6. The molecule has 0 saturated carbocycles. The summed E-state index contributed by atoms with van der Waals surface area (Å²) < 4.78 is 12.0. The quantitative estimate of drug-likeness (QED) is 0.218. The van der Waals surface area contributed by atoms with Gasteiger partial charge in [0.15, 0.2) is 0 Å². The third-order valence-electron chi connectivity index (χ3n) is 7.92. The molecule has 0 aromatic rings. The second kappa shape index (κ2) is 17.4. The van der Waals surface area contributed by atoms with Gasteiger partial charge in [0.1, 0.15) is 17.7 Å². The summed E-state index contributed by atoms with van der Waals surface area (Å²) in [6.07, 6.45) is 9.57. The van der Waals surface area contributed by atoms with Crippen LogP contribution in [0.2, 0.25) is 0 Å². The fraction of sp³-hybridized carbons (Fsp3) is 0.618. The highest BCUT2D eigenvalue weighted by Gasteiger charge is 2.34. The Balaban J connectivity index is 2.21. The van der Waals surface area contributed by atoms with E-state index >= 15 is 0 Å². The topological polar surface area (TPSA) is 110 Å². The van der Waals surface area contributed by atoms with Crippen LogP contribution in [0.5, 0.6) is 0 Å². The molecule has 2 bridgehead atoms. The lowest BCUT2D eigenvalue weighted by atomic mass is 9.92. The number of esters is 1. The number of aliphatic hydroxyl groups is 2. The van der Waals surface area contributed by atoms with Crippen LogP contribution in [0, 0.1) is 5.92 Å². The van der Waals surface area contributed by atoms with E-state index in [0.29, 0.717) is 36.8 Å². The molecule has 0 aromatic carbocycles. The standard InChI is InChI=1S/C34H50O7/c1-7-8-12-24(4)34(39)25(5)14-10-15-31-32-17-16-28(40-32)20-27(35)19-26(6)30(37)21-29(36)23(3)13-9-11-22(2)18-33(38)41-31/h10,13-15,26,28-29,31-32,34,36,39H,2,4,7-9,11-12,16-21H2,1,3,5-6H3/b15-10+,23-13-,25-14+/t26-,28-,29+,31+,32-,34+/m1/s1. The summed E-state index contributed by atoms with van der Waals surface area (Å²) in [6.45, 7) is 15.5. The van der Waals surface area contributed by atoms with Crippen LogP contribution >= 0.6 is 0 Å². The molecule has 2 aliphatic rings. The maximum atomic E-state index is 12.9. The Bertz CT molecular complexity index is 1030. The van der Waals surface area contributed by atoms with Crippen molar-refractivity contribution in [3.63, 3.8) is 0 Å². The van der Waals surface area contributed by atoms with E-state index in [-0.39, 0.29) is 43.4 Å². The third kappa shape index (κ3) is 12.0. The lowest BCUT2D eigenvalue weighted by molar-refractivity contribution is -0.152. The Hall–Kier alpha value is -2.61. The zero-order valence-corrected chi connectivity index (χ0v) is 25.4. The first-order valence-corrected chi connectivity index (χ1v) is 15.0. The van der Waals surface area contributed by atoms with E-state index in [1.807, 2.05) is 13.0 Å². The molecule has 0 spiro atoms. The van der Waals surface area contributed by atoms with Gasteiger partial charge >= 0.3 is 5.97 Å². The van der Waals surface area contributed by atoms with Crippen LogP contribution in [0.4, 0.5) is 0 Å². The molecule has 0 unspecified atom stereocenters. The number of Topliss-reactive ketones (excluding diaryl/α,β-unsaturated/α-hetero) is 2. The SMILES string of the molecule is C=C1CC/C=C(/C)[C@@H](O)CC(=O)[C@H](C)CC(=O)C[C@H]2CC[C@@H](O2)[C@H](/C=C/C=C(\C)[C@@H](O)C(=C)CCCC)OC(=O)C1. The first-order chi connectivity index (χ1) is 19.4. The van der Waals surface area contributed by atoms with Crippen molar-refractivity contribution in [2.45, 2.75) is 129 Å². The second-order valence-electron chi connectivity index (χ2n) is 11.7. The van der Waals surface area contributed by atoms with Crippen LogP contribution in [-0.4, -0.2) is 58.3 Å². The van der Waals surface area contributed by atoms with Gasteiger partial charge in [-0.15, -0.1) is 0 Å². The number of aliphatic hydroxyl groups excluding tert-OH is 2. The van der Waals surface area contributed by atoms with Gasteiger partial charge in [-0.1, -0.05) is 57.2 Å². The Kier molecular flexibility index (Phi) is 14.7. The van der Waals surface area contributed by atoms with Crippen molar-refractivity contribution in [3.05, 3.63) is 59.8 Å². The monoisotopic (exact) mass is 570 g/mol. The highest BCUT2D eigenvalue weighted by atomic mass is 16.6. The molecule has 2 heterocycles. The molecular formula is C34H50O7. The number of carbonyl (C=O) groups excluding carboxylic acids is 3. The molecule has 41 heavy (non-hydrogen) atoms. The Morgan fingerprint density at radius 1 is 1.20 bits per heavy atom. The number of ether oxygens (including phenoxy) is 2. The summed E-state index contributed by atoms with van der Waals surface area (Å²) in [5.74, 6) is -1.10. The lowest BCUT2D eigenvalue weighted by Crippen LogP contribution is -2.30. The number of cyclic esters (lactones) is 1. The van der Waals surface area contributed by atoms with E-state index in [2.05, 4.69) is 20.1 Å². The fourth-order valence-electron chi connectivity index (χ4n) is 5.11. The van der Waals surface area contributed by atoms with Gasteiger partial charge in [0, 0.05) is 25.2 Å². The maximum absolute atomic E-state index is 12.9. The molecule has 1 fully saturated rings. The molecule has 0 radical (unpaired) electrons. The van der Waals surface area contributed by atoms with Crippen molar-refractivity contribution in [1.82, 2.24) is 0 Å². The average molecular weight is 571 g/mol. The summed E-state index contributed by atoms with van der Waals surface area (Å²) >= 11 is 0. The third-order valence-corrected chi connectivity index (χ3v) is 7.92. The minimum Gasteiger partial charge on any atom is -0.455 e. The number of carbonyl (C=O) groups is 3. The number of hydrogen-bond donors (Lipinski definition) is 2. The van der Waals surface area contributed by atoms with Gasteiger partial charge in [0.25, 0.3) is 0 Å². The van der Waals surface area contributed by atoms with E-state index in [0.717, 1.165) is 30.4 Å². The summed E-state index contributed by atoms with van der Waals surface area (Å²) in [4.78, 5) is 38.3. The highest BCUT2D eigenvalue weighted by Crippen LogP contribution is 2.28. The van der Waals surface area contributed by atoms with Gasteiger partial charge < -0.3 is 19.7 Å². The molecule has 228 valence electrons. The summed E-state index contributed by atoms with van der Waals surface area (Å²) in [5.41, 5.74) is 2.90. The Morgan fingerprint density at radius 2 is 1.93 bits per heavy atom. The predicted octanol–water partition coefficient (Wildman–Crippen LogP) is 6.05. The molecule has 2 aliphatic heterocycles. The van der Waals surface area contributed by atoms with E-state index in [1.54, 1.807) is 32.1 Å². The van der Waals surface area contributed by atoms with Crippen LogP contribution in [-0.2, 0) is 23.9 Å². The predicted molar refractivity (Wildman–Crippen MR) is 161 cm³/mol. The molecule has 0 amide bonds. The maximum Gasteiger partial charge on any atom is 0.310 e. The van der Waals surface area contributed by atoms with E-state index < -0.39 is 36.3 Å². The van der Waals surface area contributed by atoms with Crippen LogP contribution in [0.1, 0.15) is 98.3 Å². The van der Waals surface area contributed by atoms with Crippen molar-refractivity contribution in [2.75, 3.05) is 0 Å². The molecule has 6 atom stereocenters. The molecule has 2 rings (SSSR count). The van der Waals surface area contributed by atoms with Crippen LogP contribution in [0.25, 0.3) is 0 Å². The summed E-state index contributed by atoms with van der Waals surface area (Å²) in [6, 6.07) is 0. The second-order valence-corrected chi connectivity index (χ2v) is 11.7. The number of unbranched alkanes of at least 4 members (excludes halogenated alkanes) is 1. The van der Waals surface area contributed by atoms with E-state index in [4.69, 9.17) is 9.47 Å². The van der Waals surface area contributed by atoms with Gasteiger partial charge in [0.2, 0.25) is 0 Å². The Labute approximate surface area is 246 Å². The first-order valence-electron chi connectivity index (χ1n) is 15.0. The van der Waals surface area contributed by atoms with Crippen molar-refractivity contribution in [3.8, 4) is 0 Å². The van der Waals surface area contributed by atoms with E-state index in [9.17, 15) is 24.6 Å². The zero-order chi connectivity index (χ0) is 30.5. The van der Waals surface area contributed by atoms with Crippen LogP contribution < -0.4 is 0 Å². The largest absolute Gasteiger partial charge is 0.455 e. The lowest BCUT2D eigenvalue weighted by Gasteiger charge is -2.22. The van der Waals surface area contributed by atoms with Crippen LogP contribution in [0.15, 0.2) is 59.8 Å². The van der Waals surface area contributed by atoms with Gasteiger partial charge in [-0.05, 0) is 75.2 Å². The van der Waals surface area contributed by atoms with Gasteiger partial charge in [0.05, 0.1) is 30.8 Å². The zero-order valence-electron chi connectivity index (χ0n) is 25.4. The van der Waals surface area contributed by atoms with Gasteiger partial charge in [-0.2, -0.15) is 0 Å². The Morgan fingerprint density at radius 3 is 2.63 bits per heavy atom. The molecule has 0 aromatic heterocycles. The van der Waals surface area contributed by atoms with Crippen molar-refractivity contribution in [2.24, 2.45) is 5.92 Å². The van der Waals surface area contributed by atoms with E-state index in [1.165, 1.54) is 0 Å². The van der Waals surface area contributed by atoms with Crippen molar-refractivity contribution in [1.29, 1.82) is 0 Å². The smallest absolute Gasteiger partial charge is 0.310 e.